The van der Waals surface area contributed by atoms with Crippen LogP contribution in [0.3, 0.4) is 0 Å². The van der Waals surface area contributed by atoms with Crippen molar-refractivity contribution in [2.45, 2.75) is 6.92 Å². The molecule has 0 radical (unpaired) electrons. The van der Waals surface area contributed by atoms with E-state index in [1.807, 2.05) is 4.90 Å². The molecule has 2 N–H and O–H groups in total. The Morgan fingerprint density at radius 1 is 1.19 bits per heavy atom. The molecule has 1 aliphatic heterocycles. The SMILES string of the molecule is CCOC(=O)c1c(O)cc(=O)[nH]c1N1CCN(c2ccc(F)cc2)CC1. The summed E-state index contributed by atoms with van der Waals surface area (Å²) in [5, 5.41) is 10.1. The van der Waals surface area contributed by atoms with Crippen molar-refractivity contribution in [3.63, 3.8) is 0 Å². The van der Waals surface area contributed by atoms with Gasteiger partial charge in [0.25, 0.3) is 5.56 Å². The number of aromatic hydroxyl groups is 1. The van der Waals surface area contributed by atoms with Gasteiger partial charge in [-0.05, 0) is 31.2 Å². The fourth-order valence-electron chi connectivity index (χ4n) is 3.01. The third-order valence-corrected chi connectivity index (χ3v) is 4.27. The summed E-state index contributed by atoms with van der Waals surface area (Å²) in [6.07, 6.45) is 0. The molecule has 2 heterocycles. The molecule has 0 unspecified atom stereocenters. The summed E-state index contributed by atoms with van der Waals surface area (Å²) < 4.78 is 18.1. The quantitative estimate of drug-likeness (QED) is 0.807. The molecular weight excluding hydrogens is 341 g/mol. The number of carbonyl (C=O) groups excluding carboxylic acids is 1. The number of rotatable bonds is 4. The minimum Gasteiger partial charge on any atom is -0.507 e. The van der Waals surface area contributed by atoms with Crippen molar-refractivity contribution in [3.05, 3.63) is 52.1 Å². The maximum Gasteiger partial charge on any atom is 0.345 e. The molecule has 1 aromatic carbocycles. The number of anilines is 2. The Bertz CT molecular complexity index is 843. The summed E-state index contributed by atoms with van der Waals surface area (Å²) in [6.45, 7) is 4.10. The highest BCUT2D eigenvalue weighted by Gasteiger charge is 2.26. The van der Waals surface area contributed by atoms with Gasteiger partial charge in [-0.2, -0.15) is 0 Å². The van der Waals surface area contributed by atoms with Gasteiger partial charge in [-0.25, -0.2) is 9.18 Å². The zero-order valence-corrected chi connectivity index (χ0v) is 14.4. The Morgan fingerprint density at radius 3 is 2.42 bits per heavy atom. The topological polar surface area (TPSA) is 85.9 Å². The minimum atomic E-state index is -0.683. The summed E-state index contributed by atoms with van der Waals surface area (Å²) in [7, 11) is 0. The van der Waals surface area contributed by atoms with Gasteiger partial charge in [0, 0.05) is 37.9 Å². The second-order valence-corrected chi connectivity index (χ2v) is 5.91. The summed E-state index contributed by atoms with van der Waals surface area (Å²) >= 11 is 0. The van der Waals surface area contributed by atoms with Gasteiger partial charge in [0.05, 0.1) is 6.61 Å². The van der Waals surface area contributed by atoms with Crippen LogP contribution in [0.5, 0.6) is 5.75 Å². The van der Waals surface area contributed by atoms with Gasteiger partial charge in [0.2, 0.25) is 0 Å². The van der Waals surface area contributed by atoms with Crippen molar-refractivity contribution in [1.82, 2.24) is 4.98 Å². The van der Waals surface area contributed by atoms with Crippen LogP contribution in [-0.2, 0) is 4.74 Å². The van der Waals surface area contributed by atoms with E-state index in [4.69, 9.17) is 4.74 Å². The van der Waals surface area contributed by atoms with Gasteiger partial charge in [-0.1, -0.05) is 0 Å². The van der Waals surface area contributed by atoms with Crippen molar-refractivity contribution in [2.75, 3.05) is 42.6 Å². The van der Waals surface area contributed by atoms with Gasteiger partial charge in [0.1, 0.15) is 22.9 Å². The molecule has 138 valence electrons. The molecule has 1 saturated heterocycles. The van der Waals surface area contributed by atoms with Crippen LogP contribution in [0.4, 0.5) is 15.9 Å². The molecule has 1 aliphatic rings. The van der Waals surface area contributed by atoms with E-state index in [-0.39, 0.29) is 23.8 Å². The molecule has 7 nitrogen and oxygen atoms in total. The number of aromatic amines is 1. The fraction of sp³-hybridized carbons (Fsp3) is 0.333. The zero-order chi connectivity index (χ0) is 18.7. The van der Waals surface area contributed by atoms with E-state index in [2.05, 4.69) is 9.88 Å². The summed E-state index contributed by atoms with van der Waals surface area (Å²) in [5.41, 5.74) is 0.370. The summed E-state index contributed by atoms with van der Waals surface area (Å²) in [4.78, 5) is 30.5. The number of halogens is 1. The lowest BCUT2D eigenvalue weighted by Crippen LogP contribution is -2.47. The van der Waals surface area contributed by atoms with E-state index in [0.29, 0.717) is 26.2 Å². The average molecular weight is 361 g/mol. The summed E-state index contributed by atoms with van der Waals surface area (Å²) in [6, 6.07) is 7.21. The van der Waals surface area contributed by atoms with Crippen LogP contribution in [0, 0.1) is 5.82 Å². The molecule has 26 heavy (non-hydrogen) atoms. The fourth-order valence-corrected chi connectivity index (χ4v) is 3.01. The number of nitrogens with one attached hydrogen (secondary N) is 1. The minimum absolute atomic E-state index is 0.0401. The number of pyridine rings is 1. The number of esters is 1. The van der Waals surface area contributed by atoms with E-state index in [1.165, 1.54) is 12.1 Å². The van der Waals surface area contributed by atoms with Crippen LogP contribution in [0.1, 0.15) is 17.3 Å². The largest absolute Gasteiger partial charge is 0.507 e. The van der Waals surface area contributed by atoms with E-state index < -0.39 is 17.3 Å². The Labute approximate surface area is 149 Å². The highest BCUT2D eigenvalue weighted by molar-refractivity contribution is 5.97. The van der Waals surface area contributed by atoms with Gasteiger partial charge < -0.3 is 24.6 Å². The Morgan fingerprint density at radius 2 is 1.81 bits per heavy atom. The van der Waals surface area contributed by atoms with Gasteiger partial charge in [0.15, 0.2) is 0 Å². The van der Waals surface area contributed by atoms with E-state index in [0.717, 1.165) is 11.8 Å². The predicted molar refractivity (Wildman–Crippen MR) is 95.5 cm³/mol. The first kappa shape index (κ1) is 17.8. The maximum absolute atomic E-state index is 13.1. The number of benzene rings is 1. The van der Waals surface area contributed by atoms with E-state index >= 15 is 0 Å². The van der Waals surface area contributed by atoms with Crippen LogP contribution in [0.15, 0.2) is 35.1 Å². The number of hydrogen-bond acceptors (Lipinski definition) is 6. The second kappa shape index (κ2) is 7.47. The number of carbonyl (C=O) groups is 1. The molecule has 8 heteroatoms. The van der Waals surface area contributed by atoms with Crippen molar-refractivity contribution in [2.24, 2.45) is 0 Å². The standard InChI is InChI=1S/C18H20FN3O4/c1-2-26-18(25)16-14(23)11-15(24)20-17(16)22-9-7-21(8-10-22)13-5-3-12(19)4-6-13/h3-6,11H,2,7-10H2,1H3,(H2,20,23,24). The molecular formula is C18H20FN3O4. The van der Waals surface area contributed by atoms with Crippen molar-refractivity contribution in [1.29, 1.82) is 0 Å². The van der Waals surface area contributed by atoms with Crippen molar-refractivity contribution >= 4 is 17.5 Å². The molecule has 0 atom stereocenters. The smallest absolute Gasteiger partial charge is 0.345 e. The summed E-state index contributed by atoms with van der Waals surface area (Å²) in [5.74, 6) is -1.11. The lowest BCUT2D eigenvalue weighted by atomic mass is 10.2. The van der Waals surface area contributed by atoms with Crippen LogP contribution < -0.4 is 15.4 Å². The van der Waals surface area contributed by atoms with E-state index in [1.54, 1.807) is 19.1 Å². The van der Waals surface area contributed by atoms with Crippen LogP contribution in [-0.4, -0.2) is 48.8 Å². The normalized spacial score (nSPS) is 14.4. The molecule has 0 bridgehead atoms. The molecule has 0 saturated carbocycles. The lowest BCUT2D eigenvalue weighted by molar-refractivity contribution is 0.0523. The number of piperazine rings is 1. The molecule has 0 spiro atoms. The molecule has 0 amide bonds. The zero-order valence-electron chi connectivity index (χ0n) is 14.4. The molecule has 3 rings (SSSR count). The first-order valence-corrected chi connectivity index (χ1v) is 8.38. The van der Waals surface area contributed by atoms with Crippen LogP contribution in [0.2, 0.25) is 0 Å². The highest BCUT2D eigenvalue weighted by atomic mass is 19.1. The van der Waals surface area contributed by atoms with Crippen LogP contribution >= 0.6 is 0 Å². The number of H-pyrrole nitrogens is 1. The van der Waals surface area contributed by atoms with Gasteiger partial charge in [-0.3, -0.25) is 4.79 Å². The lowest BCUT2D eigenvalue weighted by Gasteiger charge is -2.37. The first-order chi connectivity index (χ1) is 12.5. The Kier molecular flexibility index (Phi) is 5.11. The van der Waals surface area contributed by atoms with Crippen molar-refractivity contribution in [3.8, 4) is 5.75 Å². The number of nitrogens with zero attached hydrogens (tertiary/aromatic N) is 2. The third kappa shape index (κ3) is 3.63. The maximum atomic E-state index is 13.1. The molecule has 1 fully saturated rings. The van der Waals surface area contributed by atoms with E-state index in [9.17, 15) is 19.1 Å². The number of aromatic nitrogens is 1. The Balaban J connectivity index is 1.81. The highest BCUT2D eigenvalue weighted by Crippen LogP contribution is 2.27. The molecule has 1 aromatic heterocycles. The molecule has 2 aromatic rings. The number of ether oxygens (including phenoxy) is 1. The van der Waals surface area contributed by atoms with Gasteiger partial charge >= 0.3 is 5.97 Å². The molecule has 0 aliphatic carbocycles. The second-order valence-electron chi connectivity index (χ2n) is 5.91. The van der Waals surface area contributed by atoms with Gasteiger partial charge in [-0.15, -0.1) is 0 Å². The third-order valence-electron chi connectivity index (χ3n) is 4.27. The Hall–Kier alpha value is -3.03. The van der Waals surface area contributed by atoms with Crippen molar-refractivity contribution < 1.29 is 19.0 Å². The monoisotopic (exact) mass is 361 g/mol. The number of hydrogen-bond donors (Lipinski definition) is 2. The first-order valence-electron chi connectivity index (χ1n) is 8.38. The van der Waals surface area contributed by atoms with Crippen LogP contribution in [0.25, 0.3) is 0 Å². The average Bonchev–Trinajstić information content (AvgIpc) is 2.62. The predicted octanol–water partition coefficient (Wildman–Crippen LogP) is 1.72.